The molecule has 0 fully saturated rings. The maximum absolute atomic E-state index is 7.65. The number of nitrogens with one attached hydrogen (secondary N) is 1. The van der Waals surface area contributed by atoms with Gasteiger partial charge in [0, 0.05) is 28.1 Å². The van der Waals surface area contributed by atoms with E-state index in [2.05, 4.69) is 120 Å². The molecule has 1 aromatic heterocycles. The Morgan fingerprint density at radius 1 is 0.686 bits per heavy atom. The van der Waals surface area contributed by atoms with Crippen LogP contribution in [0.4, 0.5) is 0 Å². The minimum Gasteiger partial charge on any atom is -0.309 e. The second kappa shape index (κ2) is 8.58. The Morgan fingerprint density at radius 2 is 1.40 bits per heavy atom. The van der Waals surface area contributed by atoms with E-state index in [4.69, 9.17) is 5.41 Å². The summed E-state index contributed by atoms with van der Waals surface area (Å²) in [6.45, 7) is 3.75. The van der Waals surface area contributed by atoms with Gasteiger partial charge in [-0.25, -0.2) is 0 Å². The highest BCUT2D eigenvalue weighted by molar-refractivity contribution is 6.19. The zero-order chi connectivity index (χ0) is 23.8. The van der Waals surface area contributed by atoms with Crippen LogP contribution < -0.4 is 0 Å². The van der Waals surface area contributed by atoms with Crippen LogP contribution in [0.15, 0.2) is 128 Å². The highest BCUT2D eigenvalue weighted by Gasteiger charge is 2.15. The second-order valence-electron chi connectivity index (χ2n) is 8.67. The van der Waals surface area contributed by atoms with Gasteiger partial charge < -0.3 is 9.98 Å². The molecule has 0 aliphatic rings. The first kappa shape index (κ1) is 20.9. The summed E-state index contributed by atoms with van der Waals surface area (Å²) in [5.41, 5.74) is 7.81. The molecule has 0 saturated heterocycles. The Bertz CT molecular complexity index is 1750. The minimum absolute atomic E-state index is 0.848. The predicted molar refractivity (Wildman–Crippen MR) is 151 cm³/mol. The topological polar surface area (TPSA) is 28.8 Å². The molecule has 0 aliphatic carbocycles. The molecule has 2 nitrogen and oxygen atoms in total. The van der Waals surface area contributed by atoms with Crippen molar-refractivity contribution in [3.05, 3.63) is 133 Å². The molecular weight excluding hydrogens is 424 g/mol. The third kappa shape index (κ3) is 3.48. The van der Waals surface area contributed by atoms with Crippen molar-refractivity contribution in [1.82, 2.24) is 4.57 Å². The molecule has 6 aromatic rings. The van der Waals surface area contributed by atoms with Crippen LogP contribution in [0.25, 0.3) is 55.0 Å². The Kier molecular flexibility index (Phi) is 5.12. The van der Waals surface area contributed by atoms with Gasteiger partial charge in [0.25, 0.3) is 0 Å². The van der Waals surface area contributed by atoms with E-state index in [1.165, 1.54) is 50.0 Å². The Hall–Kier alpha value is -4.69. The molecule has 35 heavy (non-hydrogen) atoms. The standard InChI is InChI=1S/C33H24N2/c1-2-8-27(22-34)24-15-13-23(14-16-24)25-17-19-29-26(21-25)18-20-31-30-11-6-7-12-32(30)35(33(29)31)28-9-4-3-5-10-28/h2-22,34H,1H2/b27-8+,34-22?. The van der Waals surface area contributed by atoms with E-state index in [0.717, 1.165) is 16.7 Å². The lowest BCUT2D eigenvalue weighted by Gasteiger charge is -2.11. The molecule has 5 aromatic carbocycles. The molecule has 0 saturated carbocycles. The average molecular weight is 449 g/mol. The van der Waals surface area contributed by atoms with E-state index < -0.39 is 0 Å². The van der Waals surface area contributed by atoms with Crippen LogP contribution in [0.1, 0.15) is 5.56 Å². The lowest BCUT2D eigenvalue weighted by Crippen LogP contribution is -1.94. The van der Waals surface area contributed by atoms with Crippen LogP contribution in [-0.4, -0.2) is 10.8 Å². The molecule has 0 radical (unpaired) electrons. The van der Waals surface area contributed by atoms with Gasteiger partial charge >= 0.3 is 0 Å². The zero-order valence-electron chi connectivity index (χ0n) is 19.3. The van der Waals surface area contributed by atoms with E-state index in [0.29, 0.717) is 0 Å². The van der Waals surface area contributed by atoms with E-state index in [1.54, 1.807) is 6.08 Å². The molecule has 166 valence electrons. The number of nitrogens with zero attached hydrogens (tertiary/aromatic N) is 1. The lowest BCUT2D eigenvalue weighted by atomic mass is 9.97. The molecule has 1 heterocycles. The van der Waals surface area contributed by atoms with Gasteiger partial charge in [-0.3, -0.25) is 0 Å². The van der Waals surface area contributed by atoms with Gasteiger partial charge in [-0.2, -0.15) is 0 Å². The molecule has 0 aliphatic heterocycles. The molecular formula is C33H24N2. The summed E-state index contributed by atoms with van der Waals surface area (Å²) >= 11 is 0. The molecule has 0 amide bonds. The fraction of sp³-hybridized carbons (Fsp3) is 0. The first-order valence-corrected chi connectivity index (χ1v) is 11.7. The SMILES string of the molecule is C=C/C=C(\C=N)c1ccc(-c2ccc3c(ccc4c5ccccc5n(-c5ccccc5)c34)c2)cc1. The monoisotopic (exact) mass is 448 g/mol. The van der Waals surface area contributed by atoms with Crippen LogP contribution in [0.5, 0.6) is 0 Å². The van der Waals surface area contributed by atoms with Crippen LogP contribution in [0, 0.1) is 5.41 Å². The average Bonchev–Trinajstić information content (AvgIpc) is 3.27. The van der Waals surface area contributed by atoms with E-state index in [9.17, 15) is 0 Å². The van der Waals surface area contributed by atoms with Crippen LogP contribution in [-0.2, 0) is 0 Å². The van der Waals surface area contributed by atoms with Gasteiger partial charge in [-0.15, -0.1) is 0 Å². The summed E-state index contributed by atoms with van der Waals surface area (Å²) < 4.78 is 2.38. The number of allylic oxidation sites excluding steroid dienone is 3. The fourth-order valence-corrected chi connectivity index (χ4v) is 5.02. The van der Waals surface area contributed by atoms with E-state index in [1.807, 2.05) is 6.08 Å². The van der Waals surface area contributed by atoms with Gasteiger partial charge in [0.2, 0.25) is 0 Å². The van der Waals surface area contributed by atoms with E-state index in [-0.39, 0.29) is 0 Å². The maximum Gasteiger partial charge on any atom is 0.0619 e. The summed E-state index contributed by atoms with van der Waals surface area (Å²) in [4.78, 5) is 0. The van der Waals surface area contributed by atoms with Gasteiger partial charge in [0.15, 0.2) is 0 Å². The number of para-hydroxylation sites is 2. The molecule has 1 N–H and O–H groups in total. The normalized spacial score (nSPS) is 11.8. The summed E-state index contributed by atoms with van der Waals surface area (Å²) in [6.07, 6.45) is 4.94. The fourth-order valence-electron chi connectivity index (χ4n) is 5.02. The number of fused-ring (bicyclic) bond motifs is 5. The van der Waals surface area contributed by atoms with Crippen molar-refractivity contribution in [3.8, 4) is 16.8 Å². The van der Waals surface area contributed by atoms with Crippen LogP contribution in [0.3, 0.4) is 0 Å². The Morgan fingerprint density at radius 3 is 2.17 bits per heavy atom. The van der Waals surface area contributed by atoms with Crippen molar-refractivity contribution in [2.45, 2.75) is 0 Å². The first-order chi connectivity index (χ1) is 17.3. The smallest absolute Gasteiger partial charge is 0.0619 e. The number of benzene rings is 5. The second-order valence-corrected chi connectivity index (χ2v) is 8.67. The van der Waals surface area contributed by atoms with Crippen molar-refractivity contribution in [1.29, 1.82) is 5.41 Å². The largest absolute Gasteiger partial charge is 0.309 e. The summed E-state index contributed by atoms with van der Waals surface area (Å²) in [6, 6.07) is 38.8. The number of rotatable bonds is 5. The highest BCUT2D eigenvalue weighted by atomic mass is 15.0. The molecule has 0 unspecified atom stereocenters. The first-order valence-electron chi connectivity index (χ1n) is 11.7. The molecule has 0 bridgehead atoms. The van der Waals surface area contributed by atoms with E-state index >= 15 is 0 Å². The van der Waals surface area contributed by atoms with Crippen molar-refractivity contribution in [2.75, 3.05) is 0 Å². The molecule has 0 atom stereocenters. The number of hydrogen-bond donors (Lipinski definition) is 1. The third-order valence-corrected chi connectivity index (χ3v) is 6.67. The van der Waals surface area contributed by atoms with Gasteiger partial charge in [0.1, 0.15) is 0 Å². The molecule has 6 rings (SSSR count). The lowest BCUT2D eigenvalue weighted by molar-refractivity contribution is 1.19. The molecule has 0 spiro atoms. The van der Waals surface area contributed by atoms with Crippen molar-refractivity contribution in [3.63, 3.8) is 0 Å². The van der Waals surface area contributed by atoms with Gasteiger partial charge in [-0.1, -0.05) is 104 Å². The third-order valence-electron chi connectivity index (χ3n) is 6.67. The number of hydrogen-bond acceptors (Lipinski definition) is 1. The predicted octanol–water partition coefficient (Wildman–Crippen LogP) is 8.82. The zero-order valence-corrected chi connectivity index (χ0v) is 19.3. The quantitative estimate of drug-likeness (QED) is 0.202. The van der Waals surface area contributed by atoms with Crippen LogP contribution >= 0.6 is 0 Å². The van der Waals surface area contributed by atoms with Crippen molar-refractivity contribution in [2.24, 2.45) is 0 Å². The van der Waals surface area contributed by atoms with Crippen molar-refractivity contribution < 1.29 is 0 Å². The summed E-state index contributed by atoms with van der Waals surface area (Å²) in [5.74, 6) is 0. The minimum atomic E-state index is 0.848. The Balaban J connectivity index is 1.54. The van der Waals surface area contributed by atoms with Gasteiger partial charge in [-0.05, 0) is 51.9 Å². The van der Waals surface area contributed by atoms with Crippen LogP contribution in [0.2, 0.25) is 0 Å². The summed E-state index contributed by atoms with van der Waals surface area (Å²) in [5, 5.41) is 12.6. The highest BCUT2D eigenvalue weighted by Crippen LogP contribution is 2.37. The maximum atomic E-state index is 7.65. The van der Waals surface area contributed by atoms with Gasteiger partial charge in [0.05, 0.1) is 11.0 Å². The summed E-state index contributed by atoms with van der Waals surface area (Å²) in [7, 11) is 0. The van der Waals surface area contributed by atoms with Crippen molar-refractivity contribution >= 4 is 44.4 Å². The molecule has 2 heteroatoms. The Labute approximate surface area is 204 Å². The number of aromatic nitrogens is 1.